The van der Waals surface area contributed by atoms with Gasteiger partial charge in [-0.25, -0.2) is 4.79 Å². The second kappa shape index (κ2) is 7.02. The molecule has 0 amide bonds. The molecule has 0 saturated heterocycles. The molecule has 3 aromatic rings. The van der Waals surface area contributed by atoms with E-state index in [1.807, 2.05) is 48.5 Å². The monoisotopic (exact) mass is 346 g/mol. The standard InChI is InChI=1S/C18H15ClO3S/c1-2-21-18(20)17-16(19)14-9-8-13(10-15(14)23-17)22-11-12-6-4-3-5-7-12/h3-10H,2,11H2,1H3. The van der Waals surface area contributed by atoms with Crippen LogP contribution in [0.4, 0.5) is 0 Å². The molecule has 0 spiro atoms. The summed E-state index contributed by atoms with van der Waals surface area (Å²) in [6, 6.07) is 15.6. The average molecular weight is 347 g/mol. The molecule has 0 N–H and O–H groups in total. The zero-order valence-electron chi connectivity index (χ0n) is 12.5. The number of hydrogen-bond donors (Lipinski definition) is 0. The maximum Gasteiger partial charge on any atom is 0.349 e. The van der Waals surface area contributed by atoms with Crippen LogP contribution in [0.15, 0.2) is 48.5 Å². The molecule has 0 radical (unpaired) electrons. The van der Waals surface area contributed by atoms with E-state index in [1.165, 1.54) is 11.3 Å². The SMILES string of the molecule is CCOC(=O)c1sc2cc(OCc3ccccc3)ccc2c1Cl. The van der Waals surface area contributed by atoms with Gasteiger partial charge in [-0.15, -0.1) is 11.3 Å². The van der Waals surface area contributed by atoms with E-state index in [2.05, 4.69) is 0 Å². The number of fused-ring (bicyclic) bond motifs is 1. The first-order valence-corrected chi connectivity index (χ1v) is 8.44. The Morgan fingerprint density at radius 1 is 1.17 bits per heavy atom. The first-order valence-electron chi connectivity index (χ1n) is 7.25. The highest BCUT2D eigenvalue weighted by molar-refractivity contribution is 7.21. The van der Waals surface area contributed by atoms with Crippen LogP contribution in [-0.2, 0) is 11.3 Å². The Labute approximate surface area is 143 Å². The van der Waals surface area contributed by atoms with E-state index in [4.69, 9.17) is 21.1 Å². The number of hydrogen-bond acceptors (Lipinski definition) is 4. The van der Waals surface area contributed by atoms with Gasteiger partial charge in [-0.05, 0) is 30.7 Å². The van der Waals surface area contributed by atoms with Crippen molar-refractivity contribution in [3.8, 4) is 5.75 Å². The van der Waals surface area contributed by atoms with Crippen molar-refractivity contribution in [1.29, 1.82) is 0 Å². The van der Waals surface area contributed by atoms with E-state index >= 15 is 0 Å². The van der Waals surface area contributed by atoms with Gasteiger partial charge in [-0.1, -0.05) is 41.9 Å². The van der Waals surface area contributed by atoms with Crippen molar-refractivity contribution in [1.82, 2.24) is 0 Å². The third-order valence-corrected chi connectivity index (χ3v) is 4.95. The van der Waals surface area contributed by atoms with Crippen molar-refractivity contribution < 1.29 is 14.3 Å². The molecule has 0 saturated carbocycles. The Balaban J connectivity index is 1.83. The molecule has 1 aromatic heterocycles. The first-order chi connectivity index (χ1) is 11.2. The molecule has 0 atom stereocenters. The van der Waals surface area contributed by atoms with Crippen LogP contribution in [0.2, 0.25) is 5.02 Å². The summed E-state index contributed by atoms with van der Waals surface area (Å²) in [5.41, 5.74) is 1.10. The van der Waals surface area contributed by atoms with Gasteiger partial charge >= 0.3 is 5.97 Å². The highest BCUT2D eigenvalue weighted by Crippen LogP contribution is 2.37. The van der Waals surface area contributed by atoms with Crippen LogP contribution in [0.1, 0.15) is 22.2 Å². The zero-order valence-corrected chi connectivity index (χ0v) is 14.1. The minimum absolute atomic E-state index is 0.328. The normalized spacial score (nSPS) is 10.7. The molecular formula is C18H15ClO3S. The highest BCUT2D eigenvalue weighted by Gasteiger charge is 2.18. The van der Waals surface area contributed by atoms with Crippen LogP contribution in [0.3, 0.4) is 0 Å². The van der Waals surface area contributed by atoms with E-state index in [1.54, 1.807) is 6.92 Å². The topological polar surface area (TPSA) is 35.5 Å². The van der Waals surface area contributed by atoms with Crippen LogP contribution < -0.4 is 4.74 Å². The van der Waals surface area contributed by atoms with Crippen molar-refractivity contribution in [3.63, 3.8) is 0 Å². The van der Waals surface area contributed by atoms with Gasteiger partial charge in [-0.3, -0.25) is 0 Å². The van der Waals surface area contributed by atoms with Crippen molar-refractivity contribution in [2.24, 2.45) is 0 Å². The zero-order chi connectivity index (χ0) is 16.2. The van der Waals surface area contributed by atoms with Crippen molar-refractivity contribution in [3.05, 3.63) is 64.0 Å². The summed E-state index contributed by atoms with van der Waals surface area (Å²) in [6.45, 7) is 2.60. The minimum Gasteiger partial charge on any atom is -0.489 e. The van der Waals surface area contributed by atoms with E-state index in [-0.39, 0.29) is 5.97 Å². The van der Waals surface area contributed by atoms with Crippen LogP contribution in [0.25, 0.3) is 10.1 Å². The summed E-state index contributed by atoms with van der Waals surface area (Å²) in [6.07, 6.45) is 0. The lowest BCUT2D eigenvalue weighted by Crippen LogP contribution is -2.02. The molecule has 0 fully saturated rings. The molecule has 0 aliphatic heterocycles. The number of esters is 1. The molecular weight excluding hydrogens is 332 g/mol. The lowest BCUT2D eigenvalue weighted by Gasteiger charge is -2.06. The van der Waals surface area contributed by atoms with Gasteiger partial charge in [0, 0.05) is 10.1 Å². The molecule has 1 heterocycles. The van der Waals surface area contributed by atoms with Gasteiger partial charge in [0.25, 0.3) is 0 Å². The number of benzene rings is 2. The number of carbonyl (C=O) groups is 1. The van der Waals surface area contributed by atoms with E-state index < -0.39 is 0 Å². The third-order valence-electron chi connectivity index (χ3n) is 3.31. The van der Waals surface area contributed by atoms with Gasteiger partial charge in [0.05, 0.1) is 11.6 Å². The molecule has 5 heteroatoms. The number of thiophene rings is 1. The molecule has 3 rings (SSSR count). The smallest absolute Gasteiger partial charge is 0.349 e. The Hall–Kier alpha value is -2.04. The Bertz CT molecular complexity index is 827. The van der Waals surface area contributed by atoms with E-state index in [0.29, 0.717) is 23.1 Å². The molecule has 2 aromatic carbocycles. The molecule has 0 aliphatic rings. The fraction of sp³-hybridized carbons (Fsp3) is 0.167. The average Bonchev–Trinajstić information content (AvgIpc) is 2.91. The summed E-state index contributed by atoms with van der Waals surface area (Å²) in [5, 5.41) is 1.28. The van der Waals surface area contributed by atoms with E-state index in [0.717, 1.165) is 21.4 Å². The fourth-order valence-corrected chi connectivity index (χ4v) is 3.63. The third kappa shape index (κ3) is 3.49. The largest absolute Gasteiger partial charge is 0.489 e. The predicted octanol–water partition coefficient (Wildman–Crippen LogP) is 5.31. The molecule has 0 aliphatic carbocycles. The van der Waals surface area contributed by atoms with Crippen molar-refractivity contribution in [2.45, 2.75) is 13.5 Å². The maximum absolute atomic E-state index is 11.9. The highest BCUT2D eigenvalue weighted by atomic mass is 35.5. The Morgan fingerprint density at radius 3 is 2.70 bits per heavy atom. The minimum atomic E-state index is -0.384. The molecule has 3 nitrogen and oxygen atoms in total. The van der Waals surface area contributed by atoms with Gasteiger partial charge in [0.1, 0.15) is 17.2 Å². The molecule has 0 bridgehead atoms. The second-order valence-electron chi connectivity index (χ2n) is 4.90. The quantitative estimate of drug-likeness (QED) is 0.587. The van der Waals surface area contributed by atoms with Crippen LogP contribution in [-0.4, -0.2) is 12.6 Å². The van der Waals surface area contributed by atoms with Crippen molar-refractivity contribution >= 4 is 39.0 Å². The summed E-state index contributed by atoms with van der Waals surface area (Å²) in [7, 11) is 0. The lowest BCUT2D eigenvalue weighted by atomic mass is 10.2. The van der Waals surface area contributed by atoms with E-state index in [9.17, 15) is 4.79 Å². The summed E-state index contributed by atoms with van der Waals surface area (Å²) < 4.78 is 11.7. The number of ether oxygens (including phenoxy) is 2. The first kappa shape index (κ1) is 15.8. The summed E-state index contributed by atoms with van der Waals surface area (Å²) in [4.78, 5) is 12.3. The predicted molar refractivity (Wildman–Crippen MR) is 93.6 cm³/mol. The Kier molecular flexibility index (Phi) is 4.84. The van der Waals surface area contributed by atoms with Gasteiger partial charge < -0.3 is 9.47 Å². The van der Waals surface area contributed by atoms with Crippen LogP contribution in [0, 0.1) is 0 Å². The number of carbonyl (C=O) groups excluding carboxylic acids is 1. The fourth-order valence-electron chi connectivity index (χ4n) is 2.20. The van der Waals surface area contributed by atoms with Crippen LogP contribution >= 0.6 is 22.9 Å². The second-order valence-corrected chi connectivity index (χ2v) is 6.33. The van der Waals surface area contributed by atoms with Crippen molar-refractivity contribution in [2.75, 3.05) is 6.61 Å². The Morgan fingerprint density at radius 2 is 1.96 bits per heavy atom. The van der Waals surface area contributed by atoms with Gasteiger partial charge in [0.2, 0.25) is 0 Å². The molecule has 118 valence electrons. The van der Waals surface area contributed by atoms with Gasteiger partial charge in [-0.2, -0.15) is 0 Å². The number of rotatable bonds is 5. The molecule has 23 heavy (non-hydrogen) atoms. The van der Waals surface area contributed by atoms with Gasteiger partial charge in [0.15, 0.2) is 0 Å². The summed E-state index contributed by atoms with van der Waals surface area (Å²) in [5.74, 6) is 0.361. The lowest BCUT2D eigenvalue weighted by molar-refractivity contribution is 0.0532. The maximum atomic E-state index is 11.9. The molecule has 0 unspecified atom stereocenters. The number of halogens is 1. The summed E-state index contributed by atoms with van der Waals surface area (Å²) >= 11 is 7.60. The van der Waals surface area contributed by atoms with Crippen LogP contribution in [0.5, 0.6) is 5.75 Å².